The number of nitrogens with zero attached hydrogens (tertiary/aromatic N) is 1. The molecule has 3 nitrogen and oxygen atoms in total. The van der Waals surface area contributed by atoms with Crippen LogP contribution in [0.25, 0.3) is 0 Å². The maximum atomic E-state index is 12.7. The lowest BCUT2D eigenvalue weighted by Crippen LogP contribution is -2.39. The first kappa shape index (κ1) is 13.4. The maximum Gasteiger partial charge on any atom is 0.250 e. The van der Waals surface area contributed by atoms with Crippen LogP contribution in [-0.4, -0.2) is 30.4 Å². The fourth-order valence-corrected chi connectivity index (χ4v) is 3.18. The second-order valence-corrected chi connectivity index (χ2v) is 5.85. The Morgan fingerprint density at radius 2 is 2.05 bits per heavy atom. The largest absolute Gasteiger partial charge is 0.332 e. The summed E-state index contributed by atoms with van der Waals surface area (Å²) in [5, 5.41) is 3.21. The van der Waals surface area contributed by atoms with Crippen LogP contribution in [0.3, 0.4) is 0 Å². The van der Waals surface area contributed by atoms with Gasteiger partial charge in [0.15, 0.2) is 0 Å². The van der Waals surface area contributed by atoms with Crippen molar-refractivity contribution in [3.8, 4) is 0 Å². The van der Waals surface area contributed by atoms with E-state index in [1.54, 1.807) is 0 Å². The predicted octanol–water partition coefficient (Wildman–Crippen LogP) is 2.58. The van der Waals surface area contributed by atoms with E-state index in [1.165, 1.54) is 16.7 Å². The second-order valence-electron chi connectivity index (χ2n) is 5.85. The summed E-state index contributed by atoms with van der Waals surface area (Å²) in [5.41, 5.74) is 4.81. The van der Waals surface area contributed by atoms with Gasteiger partial charge in [0.1, 0.15) is 0 Å². The molecular weight excluding hydrogens is 248 g/mol. The van der Waals surface area contributed by atoms with Crippen molar-refractivity contribution in [3.05, 3.63) is 46.5 Å². The van der Waals surface area contributed by atoms with E-state index in [9.17, 15) is 4.79 Å². The van der Waals surface area contributed by atoms with E-state index >= 15 is 0 Å². The number of rotatable bonds is 2. The van der Waals surface area contributed by atoms with Gasteiger partial charge in [0.05, 0.1) is 6.04 Å². The molecule has 2 heterocycles. The third-order valence-corrected chi connectivity index (χ3v) is 4.59. The van der Waals surface area contributed by atoms with Gasteiger partial charge < -0.3 is 10.2 Å². The Labute approximate surface area is 120 Å². The molecule has 1 amide bonds. The molecule has 106 valence electrons. The van der Waals surface area contributed by atoms with Crippen molar-refractivity contribution >= 4 is 5.91 Å². The van der Waals surface area contributed by atoms with E-state index in [2.05, 4.69) is 41.4 Å². The summed E-state index contributed by atoms with van der Waals surface area (Å²) in [6.07, 6.45) is 2.18. The number of amides is 1. The molecule has 3 heteroatoms. The quantitative estimate of drug-likeness (QED) is 0.838. The molecule has 2 fully saturated rings. The molecule has 0 spiro atoms. The van der Waals surface area contributed by atoms with Gasteiger partial charge in [-0.3, -0.25) is 4.79 Å². The minimum atomic E-state index is 0.229. The monoisotopic (exact) mass is 270 g/mol. The zero-order valence-electron chi connectivity index (χ0n) is 12.3. The molecule has 0 radical (unpaired) electrons. The van der Waals surface area contributed by atoms with Gasteiger partial charge in [-0.1, -0.05) is 24.3 Å². The lowest BCUT2D eigenvalue weighted by atomic mass is 9.98. The minimum Gasteiger partial charge on any atom is -0.332 e. The number of likely N-dealkylation sites (tertiary alicyclic amines) is 1. The van der Waals surface area contributed by atoms with Crippen LogP contribution in [0.4, 0.5) is 0 Å². The molecule has 0 aromatic heterocycles. The van der Waals surface area contributed by atoms with Crippen molar-refractivity contribution in [1.29, 1.82) is 0 Å². The number of benzene rings is 1. The zero-order chi connectivity index (χ0) is 14.1. The highest BCUT2D eigenvalue weighted by molar-refractivity contribution is 5.94. The van der Waals surface area contributed by atoms with E-state index in [0.29, 0.717) is 0 Å². The maximum absolute atomic E-state index is 12.7. The van der Waals surface area contributed by atoms with Crippen molar-refractivity contribution in [2.24, 2.45) is 0 Å². The first-order valence-electron chi connectivity index (χ1n) is 7.44. The van der Waals surface area contributed by atoms with E-state index in [4.69, 9.17) is 0 Å². The first-order chi connectivity index (χ1) is 9.68. The van der Waals surface area contributed by atoms with Gasteiger partial charge in [-0.05, 0) is 43.4 Å². The average Bonchev–Trinajstić information content (AvgIpc) is 2.85. The third kappa shape index (κ3) is 2.27. The topological polar surface area (TPSA) is 32.3 Å². The predicted molar refractivity (Wildman–Crippen MR) is 80.4 cm³/mol. The molecule has 2 saturated heterocycles. The van der Waals surface area contributed by atoms with E-state index in [-0.39, 0.29) is 11.9 Å². The summed E-state index contributed by atoms with van der Waals surface area (Å²) in [7, 11) is 0. The fraction of sp³-hybridized carbons (Fsp3) is 0.471. The molecule has 0 bridgehead atoms. The van der Waals surface area contributed by atoms with Crippen LogP contribution in [0.5, 0.6) is 0 Å². The molecule has 1 aromatic carbocycles. The van der Waals surface area contributed by atoms with Crippen LogP contribution in [-0.2, 0) is 4.79 Å². The molecule has 3 rings (SSSR count). The smallest absolute Gasteiger partial charge is 0.250 e. The van der Waals surface area contributed by atoms with E-state index in [0.717, 1.165) is 38.0 Å². The van der Waals surface area contributed by atoms with Gasteiger partial charge in [-0.25, -0.2) is 0 Å². The molecule has 0 saturated carbocycles. The summed E-state index contributed by atoms with van der Waals surface area (Å²) >= 11 is 0. The molecular formula is C17H22N2O. The van der Waals surface area contributed by atoms with Crippen LogP contribution >= 0.6 is 0 Å². The number of nitrogens with one attached hydrogen (secondary N) is 1. The molecule has 1 atom stereocenters. The number of carbonyl (C=O) groups is 1. The van der Waals surface area contributed by atoms with Crippen molar-refractivity contribution in [3.63, 3.8) is 0 Å². The molecule has 1 N–H and O–H groups in total. The van der Waals surface area contributed by atoms with E-state index in [1.807, 2.05) is 6.92 Å². The highest BCUT2D eigenvalue weighted by atomic mass is 16.2. The Morgan fingerprint density at radius 1 is 1.30 bits per heavy atom. The van der Waals surface area contributed by atoms with Crippen LogP contribution in [0.15, 0.2) is 35.4 Å². The summed E-state index contributed by atoms with van der Waals surface area (Å²) in [5.74, 6) is 0.229. The van der Waals surface area contributed by atoms with Gasteiger partial charge in [-0.15, -0.1) is 0 Å². The summed E-state index contributed by atoms with van der Waals surface area (Å²) in [4.78, 5) is 14.8. The summed E-state index contributed by atoms with van der Waals surface area (Å²) in [6, 6.07) is 8.70. The third-order valence-electron chi connectivity index (χ3n) is 4.59. The van der Waals surface area contributed by atoms with Crippen LogP contribution in [0.1, 0.15) is 36.9 Å². The lowest BCUT2D eigenvalue weighted by Gasteiger charge is -2.29. The Balaban J connectivity index is 1.86. The van der Waals surface area contributed by atoms with Gasteiger partial charge in [0.25, 0.3) is 0 Å². The lowest BCUT2D eigenvalue weighted by molar-refractivity contribution is -0.128. The number of aryl methyl sites for hydroxylation is 1. The molecule has 2 aliphatic heterocycles. The van der Waals surface area contributed by atoms with Crippen LogP contribution < -0.4 is 5.32 Å². The van der Waals surface area contributed by atoms with Crippen molar-refractivity contribution in [2.75, 3.05) is 19.6 Å². The highest BCUT2D eigenvalue weighted by Gasteiger charge is 2.32. The molecule has 1 aromatic rings. The normalized spacial score (nSPS) is 21.8. The number of carbonyl (C=O) groups excluding carboxylic acids is 1. The van der Waals surface area contributed by atoms with Gasteiger partial charge in [-0.2, -0.15) is 0 Å². The van der Waals surface area contributed by atoms with Gasteiger partial charge >= 0.3 is 0 Å². The van der Waals surface area contributed by atoms with Gasteiger partial charge in [0, 0.05) is 25.2 Å². The second kappa shape index (κ2) is 5.41. The summed E-state index contributed by atoms with van der Waals surface area (Å²) in [6.45, 7) is 6.75. The van der Waals surface area contributed by atoms with Crippen LogP contribution in [0, 0.1) is 6.92 Å². The number of hydrogen-bond donors (Lipinski definition) is 1. The molecule has 0 aliphatic carbocycles. The molecule has 2 aliphatic rings. The molecule has 1 unspecified atom stereocenters. The van der Waals surface area contributed by atoms with Gasteiger partial charge in [0.2, 0.25) is 5.91 Å². The Bertz CT molecular complexity index is 556. The Hall–Kier alpha value is -1.61. The van der Waals surface area contributed by atoms with Crippen molar-refractivity contribution in [2.45, 2.75) is 32.7 Å². The fourth-order valence-electron chi connectivity index (χ4n) is 3.18. The molecule has 20 heavy (non-hydrogen) atoms. The Kier molecular flexibility index (Phi) is 3.62. The summed E-state index contributed by atoms with van der Waals surface area (Å²) < 4.78 is 0. The Morgan fingerprint density at radius 3 is 2.70 bits per heavy atom. The van der Waals surface area contributed by atoms with Crippen molar-refractivity contribution < 1.29 is 4.79 Å². The SMILES string of the molecule is CC(C(=O)N1CCCC1c1ccccc1C)=C1CNC1. The highest BCUT2D eigenvalue weighted by Crippen LogP contribution is 2.34. The number of hydrogen-bond acceptors (Lipinski definition) is 2. The standard InChI is InChI=1S/C17H22N2O/c1-12-6-3-4-7-15(12)16-8-5-9-19(16)17(20)13(2)14-10-18-11-14/h3-4,6-7,16,18H,5,8-11H2,1-2H3. The minimum absolute atomic E-state index is 0.229. The average molecular weight is 270 g/mol. The van der Waals surface area contributed by atoms with Crippen LogP contribution in [0.2, 0.25) is 0 Å². The zero-order valence-corrected chi connectivity index (χ0v) is 12.3. The first-order valence-corrected chi connectivity index (χ1v) is 7.44. The van der Waals surface area contributed by atoms with Crippen molar-refractivity contribution in [1.82, 2.24) is 10.2 Å². The van der Waals surface area contributed by atoms with E-state index < -0.39 is 0 Å².